The number of hydrogen-bond acceptors (Lipinski definition) is 6. The minimum absolute atomic E-state index is 0.0496. The van der Waals surface area contributed by atoms with Crippen LogP contribution in [0, 0.1) is 0 Å². The predicted molar refractivity (Wildman–Crippen MR) is 136 cm³/mol. The van der Waals surface area contributed by atoms with E-state index in [1.165, 1.54) is 4.90 Å². The van der Waals surface area contributed by atoms with Gasteiger partial charge in [-0.2, -0.15) is 0 Å². The smallest absolute Gasteiger partial charge is 0.407 e. The molecule has 1 unspecified atom stereocenters. The molecule has 2 amide bonds. The van der Waals surface area contributed by atoms with Crippen LogP contribution in [0.4, 0.5) is 10.6 Å². The number of fused-ring (bicyclic) bond motifs is 2. The van der Waals surface area contributed by atoms with Crippen LogP contribution in [0.1, 0.15) is 60.5 Å². The zero-order chi connectivity index (χ0) is 25.8. The summed E-state index contributed by atoms with van der Waals surface area (Å²) in [4.78, 5) is 48.0. The minimum Gasteiger partial charge on any atom is -0.465 e. The van der Waals surface area contributed by atoms with Crippen LogP contribution in [0.5, 0.6) is 0 Å². The first-order valence-corrected chi connectivity index (χ1v) is 13.2. The maximum atomic E-state index is 13.8. The normalized spacial score (nSPS) is 25.8. The largest absolute Gasteiger partial charge is 0.465 e. The molecule has 0 radical (unpaired) electrons. The summed E-state index contributed by atoms with van der Waals surface area (Å²) in [6, 6.07) is 11.4. The lowest BCUT2D eigenvalue weighted by molar-refractivity contribution is -0.134. The number of likely N-dealkylation sites (tertiary alicyclic amines) is 1. The van der Waals surface area contributed by atoms with Crippen LogP contribution in [0.3, 0.4) is 0 Å². The summed E-state index contributed by atoms with van der Waals surface area (Å²) in [5.41, 5.74) is 1.10. The molecule has 1 saturated carbocycles. The molecule has 4 heterocycles. The zero-order valence-corrected chi connectivity index (χ0v) is 21.1. The molecule has 37 heavy (non-hydrogen) atoms. The summed E-state index contributed by atoms with van der Waals surface area (Å²) in [5, 5.41) is 9.53. The van der Waals surface area contributed by atoms with Crippen molar-refractivity contribution in [3.63, 3.8) is 0 Å². The molecule has 2 aromatic rings. The molecule has 194 valence electrons. The number of rotatable bonds is 5. The number of carbonyl (C=O) groups is 3. The molecule has 2 atom stereocenters. The molecule has 0 bridgehead atoms. The van der Waals surface area contributed by atoms with Gasteiger partial charge in [-0.1, -0.05) is 37.6 Å². The summed E-state index contributed by atoms with van der Waals surface area (Å²) >= 11 is 0. The van der Waals surface area contributed by atoms with Crippen molar-refractivity contribution in [3.05, 3.63) is 59.3 Å². The molecule has 1 spiro atoms. The lowest BCUT2D eigenvalue weighted by atomic mass is 9.91. The Morgan fingerprint density at radius 1 is 1.11 bits per heavy atom. The van der Waals surface area contributed by atoms with Crippen molar-refractivity contribution in [1.82, 2.24) is 14.8 Å². The van der Waals surface area contributed by atoms with E-state index >= 15 is 0 Å². The van der Waals surface area contributed by atoms with Crippen molar-refractivity contribution >= 4 is 23.8 Å². The van der Waals surface area contributed by atoms with E-state index in [0.29, 0.717) is 44.7 Å². The number of hydrogen-bond donors (Lipinski definition) is 1. The number of ether oxygens (including phenoxy) is 1. The molecule has 3 fully saturated rings. The van der Waals surface area contributed by atoms with Gasteiger partial charge in [0.1, 0.15) is 5.82 Å². The molecular formula is C28H32N4O5. The first-order valence-electron chi connectivity index (χ1n) is 13.2. The second-order valence-electron chi connectivity index (χ2n) is 10.8. The Morgan fingerprint density at radius 2 is 1.92 bits per heavy atom. The maximum Gasteiger partial charge on any atom is 0.407 e. The van der Waals surface area contributed by atoms with Crippen LogP contribution in [-0.4, -0.2) is 76.6 Å². The van der Waals surface area contributed by atoms with Crippen molar-refractivity contribution in [2.24, 2.45) is 0 Å². The van der Waals surface area contributed by atoms with E-state index in [1.54, 1.807) is 6.07 Å². The summed E-state index contributed by atoms with van der Waals surface area (Å²) < 4.78 is 5.84. The van der Waals surface area contributed by atoms with Crippen LogP contribution in [-0.2, 0) is 20.5 Å². The van der Waals surface area contributed by atoms with Crippen molar-refractivity contribution in [3.8, 4) is 0 Å². The van der Waals surface area contributed by atoms with Crippen molar-refractivity contribution in [2.45, 2.75) is 56.1 Å². The van der Waals surface area contributed by atoms with E-state index in [9.17, 15) is 19.5 Å². The van der Waals surface area contributed by atoms with Gasteiger partial charge in [0.05, 0.1) is 23.6 Å². The number of aromatic nitrogens is 1. The van der Waals surface area contributed by atoms with Gasteiger partial charge in [-0.25, -0.2) is 14.6 Å². The average molecular weight is 505 g/mol. The van der Waals surface area contributed by atoms with Gasteiger partial charge in [-0.3, -0.25) is 4.79 Å². The lowest BCUT2D eigenvalue weighted by Crippen LogP contribution is -2.55. The third-order valence-corrected chi connectivity index (χ3v) is 8.58. The topological polar surface area (TPSA) is 103 Å². The average Bonchev–Trinajstić information content (AvgIpc) is 3.54. The first-order chi connectivity index (χ1) is 17.9. The van der Waals surface area contributed by atoms with Gasteiger partial charge in [0.2, 0.25) is 5.91 Å². The third-order valence-electron chi connectivity index (χ3n) is 8.58. The van der Waals surface area contributed by atoms with Gasteiger partial charge in [0, 0.05) is 44.4 Å². The number of carbonyl (C=O) groups excluding carboxylic acids is 2. The number of carboxylic acid groups (broad SMARTS) is 1. The molecule has 6 rings (SSSR count). The Morgan fingerprint density at radius 3 is 2.62 bits per heavy atom. The highest BCUT2D eigenvalue weighted by Crippen LogP contribution is 2.52. The van der Waals surface area contributed by atoms with Crippen LogP contribution >= 0.6 is 0 Å². The summed E-state index contributed by atoms with van der Waals surface area (Å²) in [5.74, 6) is 0.585. The molecule has 1 aliphatic carbocycles. The van der Waals surface area contributed by atoms with E-state index in [4.69, 9.17) is 9.72 Å². The van der Waals surface area contributed by atoms with Gasteiger partial charge in [0.15, 0.2) is 5.60 Å². The molecule has 3 aliphatic heterocycles. The zero-order valence-electron chi connectivity index (χ0n) is 21.1. The minimum atomic E-state index is -0.866. The molecule has 1 aromatic heterocycles. The Balaban J connectivity index is 1.16. The quantitative estimate of drug-likeness (QED) is 0.623. The fourth-order valence-corrected chi connectivity index (χ4v) is 6.41. The molecule has 1 N–H and O–H groups in total. The SMILES string of the molecule is CCCC1CN(c2ccc(C3(C(=O)N4CC[C@@]5(C4)OC(=O)c4ccccc45)CC3)cn2)CCN1C(=O)O. The second kappa shape index (κ2) is 8.75. The standard InChI is InChI=1S/C28H32N4O5/c1-2-5-20-17-30(14-15-32(20)26(35)36)23-9-8-19(16-29-23)27(10-11-27)25(34)31-13-12-28(18-31)22-7-4-3-6-21(22)24(33)37-28/h3-4,6-9,16,20H,2,5,10-15,17-18H2,1H3,(H,35,36)/t20?,28-/m0/s1. The highest BCUT2D eigenvalue weighted by molar-refractivity contribution is 5.96. The van der Waals surface area contributed by atoms with Gasteiger partial charge >= 0.3 is 12.1 Å². The lowest BCUT2D eigenvalue weighted by Gasteiger charge is -2.40. The summed E-state index contributed by atoms with van der Waals surface area (Å²) in [6.45, 7) is 4.67. The fourth-order valence-electron chi connectivity index (χ4n) is 6.41. The first kappa shape index (κ1) is 23.8. The van der Waals surface area contributed by atoms with Crippen LogP contribution in [0.2, 0.25) is 0 Å². The number of amides is 2. The van der Waals surface area contributed by atoms with Gasteiger partial charge < -0.3 is 24.5 Å². The second-order valence-corrected chi connectivity index (χ2v) is 10.8. The van der Waals surface area contributed by atoms with Gasteiger partial charge in [0.25, 0.3) is 0 Å². The predicted octanol–water partition coefficient (Wildman–Crippen LogP) is 3.38. The van der Waals surface area contributed by atoms with Crippen LogP contribution < -0.4 is 4.90 Å². The number of piperazine rings is 1. The highest BCUT2D eigenvalue weighted by atomic mass is 16.6. The van der Waals surface area contributed by atoms with Crippen LogP contribution in [0.25, 0.3) is 0 Å². The fraction of sp³-hybridized carbons (Fsp3) is 0.500. The Labute approximate surface area is 216 Å². The number of esters is 1. The number of anilines is 1. The summed E-state index contributed by atoms with van der Waals surface area (Å²) in [7, 11) is 0. The number of pyridine rings is 1. The van der Waals surface area contributed by atoms with Gasteiger partial charge in [-0.15, -0.1) is 0 Å². The summed E-state index contributed by atoms with van der Waals surface area (Å²) in [6.07, 6.45) is 4.85. The van der Waals surface area contributed by atoms with E-state index < -0.39 is 17.1 Å². The monoisotopic (exact) mass is 504 g/mol. The molecular weight excluding hydrogens is 472 g/mol. The maximum absolute atomic E-state index is 13.8. The van der Waals surface area contributed by atoms with E-state index in [1.807, 2.05) is 41.4 Å². The van der Waals surface area contributed by atoms with Crippen molar-refractivity contribution < 1.29 is 24.2 Å². The molecule has 9 nitrogen and oxygen atoms in total. The van der Waals surface area contributed by atoms with Crippen molar-refractivity contribution in [2.75, 3.05) is 37.6 Å². The van der Waals surface area contributed by atoms with Gasteiger partial charge in [-0.05, 0) is 37.0 Å². The third kappa shape index (κ3) is 3.83. The van der Waals surface area contributed by atoms with E-state index in [-0.39, 0.29) is 17.9 Å². The molecule has 1 aromatic carbocycles. The van der Waals surface area contributed by atoms with E-state index in [0.717, 1.165) is 42.6 Å². The van der Waals surface area contributed by atoms with Crippen molar-refractivity contribution in [1.29, 1.82) is 0 Å². The Hall–Kier alpha value is -3.62. The number of nitrogens with zero attached hydrogens (tertiary/aromatic N) is 4. The number of benzene rings is 1. The molecule has 9 heteroatoms. The molecule has 4 aliphatic rings. The molecule has 2 saturated heterocycles. The Kier molecular flexibility index (Phi) is 5.62. The van der Waals surface area contributed by atoms with Crippen LogP contribution in [0.15, 0.2) is 42.6 Å². The Bertz CT molecular complexity index is 1240. The van der Waals surface area contributed by atoms with E-state index in [2.05, 4.69) is 11.8 Å². The highest BCUT2D eigenvalue weighted by Gasteiger charge is 2.58.